The number of thiophene rings is 1. The standard InChI is InChI=1S/C13H13Br3N2OS/c1-3-8-12(15)9(18(4-2)17-8)6-10(19)11-5-7(14)13(16)20-11/h5H,3-4,6H2,1-2H3. The number of halogens is 3. The summed E-state index contributed by atoms with van der Waals surface area (Å²) in [4.78, 5) is 13.2. The van der Waals surface area contributed by atoms with Gasteiger partial charge in [0, 0.05) is 11.0 Å². The fourth-order valence-electron chi connectivity index (χ4n) is 1.91. The Hall–Kier alpha value is 0.0200. The molecule has 0 aliphatic heterocycles. The molecule has 0 radical (unpaired) electrons. The molecule has 0 fully saturated rings. The third-order valence-corrected chi connectivity index (χ3v) is 7.15. The number of aryl methyl sites for hydroxylation is 2. The van der Waals surface area contributed by atoms with Crippen LogP contribution in [0.3, 0.4) is 0 Å². The van der Waals surface area contributed by atoms with Crippen LogP contribution in [0.2, 0.25) is 0 Å². The summed E-state index contributed by atoms with van der Waals surface area (Å²) in [7, 11) is 0. The zero-order valence-electron chi connectivity index (χ0n) is 11.0. The SMILES string of the molecule is CCc1nn(CC)c(CC(=O)c2cc(Br)c(Br)s2)c1Br. The van der Waals surface area contributed by atoms with Crippen molar-refractivity contribution in [1.29, 1.82) is 0 Å². The van der Waals surface area contributed by atoms with E-state index in [2.05, 4.69) is 59.8 Å². The average Bonchev–Trinajstić information content (AvgIpc) is 2.92. The zero-order valence-corrected chi connectivity index (χ0v) is 16.6. The van der Waals surface area contributed by atoms with E-state index in [1.165, 1.54) is 11.3 Å². The Morgan fingerprint density at radius 3 is 2.55 bits per heavy atom. The summed E-state index contributed by atoms with van der Waals surface area (Å²) in [6, 6.07) is 1.86. The van der Waals surface area contributed by atoms with Gasteiger partial charge in [-0.1, -0.05) is 6.92 Å². The normalized spacial score (nSPS) is 11.1. The fraction of sp³-hybridized carbons (Fsp3) is 0.385. The Kier molecular flexibility index (Phi) is 5.62. The van der Waals surface area contributed by atoms with Crippen LogP contribution in [0.5, 0.6) is 0 Å². The quantitative estimate of drug-likeness (QED) is 0.544. The van der Waals surface area contributed by atoms with Gasteiger partial charge in [0.2, 0.25) is 0 Å². The molecular formula is C13H13Br3N2OS. The van der Waals surface area contributed by atoms with Gasteiger partial charge >= 0.3 is 0 Å². The second kappa shape index (κ2) is 6.85. The minimum absolute atomic E-state index is 0.111. The van der Waals surface area contributed by atoms with E-state index < -0.39 is 0 Å². The Morgan fingerprint density at radius 1 is 1.35 bits per heavy atom. The fourth-order valence-corrected chi connectivity index (χ4v) is 4.59. The Morgan fingerprint density at radius 2 is 2.05 bits per heavy atom. The van der Waals surface area contributed by atoms with Gasteiger partial charge in [-0.05, 0) is 67.2 Å². The molecule has 0 saturated heterocycles. The molecule has 2 heterocycles. The maximum absolute atomic E-state index is 12.4. The molecule has 3 nitrogen and oxygen atoms in total. The summed E-state index contributed by atoms with van der Waals surface area (Å²) in [5.41, 5.74) is 1.96. The van der Waals surface area contributed by atoms with Crippen LogP contribution in [0.15, 0.2) is 18.8 Å². The first-order valence-electron chi connectivity index (χ1n) is 6.19. The summed E-state index contributed by atoms with van der Waals surface area (Å²) in [5.74, 6) is 0.111. The molecule has 7 heteroatoms. The zero-order chi connectivity index (χ0) is 14.9. The van der Waals surface area contributed by atoms with Crippen molar-refractivity contribution in [2.75, 3.05) is 0 Å². The molecular weight excluding hydrogens is 472 g/mol. The first-order chi connectivity index (χ1) is 9.47. The summed E-state index contributed by atoms with van der Waals surface area (Å²) < 4.78 is 4.73. The number of nitrogens with zero attached hydrogens (tertiary/aromatic N) is 2. The van der Waals surface area contributed by atoms with Crippen LogP contribution in [0.25, 0.3) is 0 Å². The highest BCUT2D eigenvalue weighted by atomic mass is 79.9. The maximum Gasteiger partial charge on any atom is 0.178 e. The molecule has 0 atom stereocenters. The van der Waals surface area contributed by atoms with Crippen LogP contribution in [-0.4, -0.2) is 15.6 Å². The highest BCUT2D eigenvalue weighted by molar-refractivity contribution is 9.13. The van der Waals surface area contributed by atoms with Gasteiger partial charge in [0.15, 0.2) is 5.78 Å². The molecule has 0 amide bonds. The van der Waals surface area contributed by atoms with E-state index in [1.807, 2.05) is 17.7 Å². The van der Waals surface area contributed by atoms with E-state index in [-0.39, 0.29) is 5.78 Å². The Balaban J connectivity index is 2.29. The van der Waals surface area contributed by atoms with Crippen molar-refractivity contribution in [2.24, 2.45) is 0 Å². The van der Waals surface area contributed by atoms with Crippen molar-refractivity contribution in [3.63, 3.8) is 0 Å². The lowest BCUT2D eigenvalue weighted by molar-refractivity contribution is 0.0994. The first-order valence-corrected chi connectivity index (χ1v) is 9.39. The predicted octanol–water partition coefficient (Wildman–Crippen LogP) is 5.24. The topological polar surface area (TPSA) is 34.9 Å². The van der Waals surface area contributed by atoms with E-state index >= 15 is 0 Å². The van der Waals surface area contributed by atoms with Crippen LogP contribution < -0.4 is 0 Å². The molecule has 0 aliphatic rings. The number of carbonyl (C=O) groups is 1. The molecule has 0 saturated carbocycles. The average molecular weight is 485 g/mol. The lowest BCUT2D eigenvalue weighted by atomic mass is 10.1. The van der Waals surface area contributed by atoms with Crippen LogP contribution in [0.4, 0.5) is 0 Å². The Bertz CT molecular complexity index is 629. The highest BCUT2D eigenvalue weighted by Crippen LogP contribution is 2.33. The van der Waals surface area contributed by atoms with Crippen molar-refractivity contribution < 1.29 is 4.79 Å². The smallest absolute Gasteiger partial charge is 0.178 e. The monoisotopic (exact) mass is 482 g/mol. The van der Waals surface area contributed by atoms with Crippen molar-refractivity contribution in [3.05, 3.63) is 35.1 Å². The van der Waals surface area contributed by atoms with Crippen molar-refractivity contribution in [3.8, 4) is 0 Å². The van der Waals surface area contributed by atoms with Crippen LogP contribution in [0, 0.1) is 0 Å². The molecule has 0 aromatic carbocycles. The van der Waals surface area contributed by atoms with Gasteiger partial charge < -0.3 is 0 Å². The summed E-state index contributed by atoms with van der Waals surface area (Å²) >= 11 is 11.9. The summed E-state index contributed by atoms with van der Waals surface area (Å²) in [5, 5.41) is 4.52. The van der Waals surface area contributed by atoms with Gasteiger partial charge in [-0.2, -0.15) is 5.10 Å². The molecule has 0 bridgehead atoms. The number of hydrogen-bond donors (Lipinski definition) is 0. The van der Waals surface area contributed by atoms with Crippen LogP contribution in [0.1, 0.15) is 34.9 Å². The third-order valence-electron chi connectivity index (χ3n) is 2.94. The van der Waals surface area contributed by atoms with Crippen molar-refractivity contribution >= 4 is 64.9 Å². The second-order valence-corrected chi connectivity index (χ2v) is 8.23. The maximum atomic E-state index is 12.4. The Labute approximate surface area is 147 Å². The van der Waals surface area contributed by atoms with E-state index in [4.69, 9.17) is 0 Å². The predicted molar refractivity (Wildman–Crippen MR) is 92.7 cm³/mol. The minimum atomic E-state index is 0.111. The van der Waals surface area contributed by atoms with E-state index in [0.29, 0.717) is 6.42 Å². The van der Waals surface area contributed by atoms with E-state index in [1.54, 1.807) is 0 Å². The molecule has 2 aromatic heterocycles. The molecule has 2 aromatic rings. The number of hydrogen-bond acceptors (Lipinski definition) is 3. The first kappa shape index (κ1) is 16.4. The van der Waals surface area contributed by atoms with Crippen LogP contribution >= 0.6 is 59.1 Å². The highest BCUT2D eigenvalue weighted by Gasteiger charge is 2.19. The summed E-state index contributed by atoms with van der Waals surface area (Å²) in [6.45, 7) is 4.86. The lowest BCUT2D eigenvalue weighted by Crippen LogP contribution is -2.09. The molecule has 20 heavy (non-hydrogen) atoms. The van der Waals surface area contributed by atoms with Gasteiger partial charge in [0.1, 0.15) is 0 Å². The molecule has 0 aliphatic carbocycles. The number of rotatable bonds is 5. The van der Waals surface area contributed by atoms with E-state index in [9.17, 15) is 4.79 Å². The van der Waals surface area contributed by atoms with Crippen LogP contribution in [-0.2, 0) is 19.4 Å². The van der Waals surface area contributed by atoms with Crippen molar-refractivity contribution in [2.45, 2.75) is 33.2 Å². The molecule has 0 spiro atoms. The number of carbonyl (C=O) groups excluding carboxylic acids is 1. The molecule has 108 valence electrons. The lowest BCUT2D eigenvalue weighted by Gasteiger charge is -2.03. The second-order valence-electron chi connectivity index (χ2n) is 4.21. The van der Waals surface area contributed by atoms with Gasteiger partial charge in [-0.25, -0.2) is 0 Å². The van der Waals surface area contributed by atoms with Gasteiger partial charge in [0.05, 0.1) is 30.9 Å². The number of aromatic nitrogens is 2. The molecule has 0 N–H and O–H groups in total. The summed E-state index contributed by atoms with van der Waals surface area (Å²) in [6.07, 6.45) is 1.21. The van der Waals surface area contributed by atoms with Gasteiger partial charge in [-0.15, -0.1) is 11.3 Å². The third kappa shape index (κ3) is 3.26. The number of ketones is 1. The molecule has 2 rings (SSSR count). The van der Waals surface area contributed by atoms with Crippen molar-refractivity contribution in [1.82, 2.24) is 9.78 Å². The molecule has 0 unspecified atom stereocenters. The minimum Gasteiger partial charge on any atom is -0.293 e. The largest absolute Gasteiger partial charge is 0.293 e. The van der Waals surface area contributed by atoms with Gasteiger partial charge in [-0.3, -0.25) is 9.48 Å². The number of Topliss-reactive ketones (excluding diaryl/α,β-unsaturated/α-hetero) is 1. The van der Waals surface area contributed by atoms with E-state index in [0.717, 1.165) is 42.0 Å². The van der Waals surface area contributed by atoms with Gasteiger partial charge in [0.25, 0.3) is 0 Å².